The number of Topliss-reactive ketones (excluding diaryl/α,β-unsaturated/α-hetero) is 1. The van der Waals surface area contributed by atoms with E-state index in [0.717, 1.165) is 29.5 Å². The minimum atomic E-state index is -0.259. The number of nitrogens with zero attached hydrogens (tertiary/aromatic N) is 1. The van der Waals surface area contributed by atoms with Crippen molar-refractivity contribution in [2.45, 2.75) is 25.8 Å². The first-order chi connectivity index (χ1) is 9.15. The van der Waals surface area contributed by atoms with Crippen LogP contribution in [-0.4, -0.2) is 10.4 Å². The van der Waals surface area contributed by atoms with Crippen molar-refractivity contribution in [3.05, 3.63) is 57.6 Å². The van der Waals surface area contributed by atoms with Gasteiger partial charge in [-0.3, -0.25) is 4.79 Å². The number of aromatic nitrogens is 1. The molecule has 0 amide bonds. The van der Waals surface area contributed by atoms with E-state index in [-0.39, 0.29) is 11.6 Å². The maximum Gasteiger partial charge on any atom is 0.164 e. The summed E-state index contributed by atoms with van der Waals surface area (Å²) in [5.41, 5.74) is 2.82. The van der Waals surface area contributed by atoms with E-state index < -0.39 is 0 Å². The number of hydrogen-bond acceptors (Lipinski definition) is 1. The Morgan fingerprint density at radius 1 is 1.26 bits per heavy atom. The molecule has 0 fully saturated rings. The molecular weight excluding hydrogens is 309 g/mol. The number of fused-ring (bicyclic) bond motifs is 1. The number of aryl methyl sites for hydroxylation is 1. The minimum Gasteiger partial charge on any atom is -0.349 e. The van der Waals surface area contributed by atoms with Gasteiger partial charge >= 0.3 is 0 Å². The molecule has 3 rings (SSSR count). The van der Waals surface area contributed by atoms with Crippen LogP contribution in [-0.2, 0) is 13.0 Å². The molecule has 2 nitrogen and oxygen atoms in total. The van der Waals surface area contributed by atoms with Gasteiger partial charge in [0.15, 0.2) is 5.78 Å². The smallest absolute Gasteiger partial charge is 0.164 e. The molecule has 0 unspecified atom stereocenters. The Bertz CT molecular complexity index is 648. The normalized spacial score (nSPS) is 14.5. The molecule has 1 aromatic carbocycles. The first-order valence-corrected chi connectivity index (χ1v) is 7.09. The molecule has 0 radical (unpaired) electrons. The van der Waals surface area contributed by atoms with Gasteiger partial charge in [0.1, 0.15) is 5.82 Å². The lowest BCUT2D eigenvalue weighted by molar-refractivity contribution is 0.0973. The van der Waals surface area contributed by atoms with Gasteiger partial charge in [-0.15, -0.1) is 0 Å². The van der Waals surface area contributed by atoms with E-state index in [2.05, 4.69) is 15.9 Å². The largest absolute Gasteiger partial charge is 0.349 e. The Hall–Kier alpha value is -1.42. The number of hydrogen-bond donors (Lipinski definition) is 0. The van der Waals surface area contributed by atoms with Crippen molar-refractivity contribution in [3.8, 4) is 0 Å². The molecule has 0 saturated carbocycles. The molecule has 4 heteroatoms. The first-order valence-electron chi connectivity index (χ1n) is 6.30. The SMILES string of the molecule is O=C1CCCc2cn(Cc3cccc(F)c3Br)cc21. The summed E-state index contributed by atoms with van der Waals surface area (Å²) >= 11 is 3.27. The average molecular weight is 322 g/mol. The molecule has 1 heterocycles. The quantitative estimate of drug-likeness (QED) is 0.820. The molecule has 0 atom stereocenters. The monoisotopic (exact) mass is 321 g/mol. The summed E-state index contributed by atoms with van der Waals surface area (Å²) in [6.07, 6.45) is 6.41. The van der Waals surface area contributed by atoms with Gasteiger partial charge in [0, 0.05) is 30.9 Å². The van der Waals surface area contributed by atoms with Gasteiger partial charge in [-0.1, -0.05) is 12.1 Å². The molecule has 0 N–H and O–H groups in total. The van der Waals surface area contributed by atoms with Crippen LogP contribution in [0.25, 0.3) is 0 Å². The molecule has 1 aliphatic rings. The highest BCUT2D eigenvalue weighted by Crippen LogP contribution is 2.25. The van der Waals surface area contributed by atoms with Crippen LogP contribution in [0, 0.1) is 5.82 Å². The van der Waals surface area contributed by atoms with Crippen molar-refractivity contribution in [3.63, 3.8) is 0 Å². The number of rotatable bonds is 2. The Kier molecular flexibility index (Phi) is 3.27. The van der Waals surface area contributed by atoms with Gasteiger partial charge < -0.3 is 4.57 Å². The fourth-order valence-corrected chi connectivity index (χ4v) is 2.93. The van der Waals surface area contributed by atoms with Crippen LogP contribution >= 0.6 is 15.9 Å². The zero-order valence-corrected chi connectivity index (χ0v) is 11.9. The molecule has 0 saturated heterocycles. The highest BCUT2D eigenvalue weighted by molar-refractivity contribution is 9.10. The van der Waals surface area contributed by atoms with Crippen molar-refractivity contribution in [2.75, 3.05) is 0 Å². The van der Waals surface area contributed by atoms with E-state index in [9.17, 15) is 9.18 Å². The van der Waals surface area contributed by atoms with Gasteiger partial charge in [-0.25, -0.2) is 4.39 Å². The molecular formula is C15H13BrFNO. The summed E-state index contributed by atoms with van der Waals surface area (Å²) < 4.78 is 15.9. The van der Waals surface area contributed by atoms with Crippen LogP contribution in [0.2, 0.25) is 0 Å². The third kappa shape index (κ3) is 2.37. The second kappa shape index (κ2) is 4.93. The molecule has 0 bridgehead atoms. The van der Waals surface area contributed by atoms with Crippen molar-refractivity contribution >= 4 is 21.7 Å². The molecule has 0 aliphatic heterocycles. The molecule has 0 spiro atoms. The summed E-state index contributed by atoms with van der Waals surface area (Å²) in [6.45, 7) is 0.568. The van der Waals surface area contributed by atoms with E-state index in [4.69, 9.17) is 0 Å². The average Bonchev–Trinajstić information content (AvgIpc) is 2.79. The van der Waals surface area contributed by atoms with Crippen LogP contribution in [0.1, 0.15) is 34.3 Å². The Balaban J connectivity index is 1.92. The maximum atomic E-state index is 13.5. The predicted molar refractivity (Wildman–Crippen MR) is 74.9 cm³/mol. The van der Waals surface area contributed by atoms with E-state index in [1.54, 1.807) is 6.07 Å². The number of carbonyl (C=O) groups is 1. The van der Waals surface area contributed by atoms with Crippen LogP contribution in [0.3, 0.4) is 0 Å². The van der Waals surface area contributed by atoms with Crippen molar-refractivity contribution < 1.29 is 9.18 Å². The number of ketones is 1. The number of halogens is 2. The summed E-state index contributed by atoms with van der Waals surface area (Å²) in [7, 11) is 0. The highest BCUT2D eigenvalue weighted by Gasteiger charge is 2.19. The van der Waals surface area contributed by atoms with Gasteiger partial charge in [-0.2, -0.15) is 0 Å². The fourth-order valence-electron chi connectivity index (χ4n) is 2.54. The molecule has 1 aromatic heterocycles. The predicted octanol–water partition coefficient (Wildman–Crippen LogP) is 3.96. The Labute approximate surface area is 119 Å². The van der Waals surface area contributed by atoms with E-state index in [1.807, 2.05) is 23.0 Å². The Morgan fingerprint density at radius 2 is 2.11 bits per heavy atom. The van der Waals surface area contributed by atoms with E-state index >= 15 is 0 Å². The number of carbonyl (C=O) groups excluding carboxylic acids is 1. The minimum absolute atomic E-state index is 0.221. The summed E-state index contributed by atoms with van der Waals surface area (Å²) in [5.74, 6) is -0.0381. The van der Waals surface area contributed by atoms with Gasteiger partial charge in [-0.05, 0) is 46.0 Å². The standard InChI is InChI=1S/C15H13BrFNO/c16-15-11(4-1-5-13(15)17)8-18-7-10-3-2-6-14(19)12(10)9-18/h1,4-5,7,9H,2-3,6,8H2. The lowest BCUT2D eigenvalue weighted by atomic mass is 9.95. The summed E-state index contributed by atoms with van der Waals surface area (Å²) in [4.78, 5) is 11.8. The van der Waals surface area contributed by atoms with E-state index in [0.29, 0.717) is 17.4 Å². The topological polar surface area (TPSA) is 22.0 Å². The maximum absolute atomic E-state index is 13.5. The zero-order chi connectivity index (χ0) is 13.4. The lowest BCUT2D eigenvalue weighted by Crippen LogP contribution is -2.07. The zero-order valence-electron chi connectivity index (χ0n) is 10.3. The summed E-state index contributed by atoms with van der Waals surface area (Å²) in [5, 5.41) is 0. The number of benzene rings is 1. The van der Waals surface area contributed by atoms with Gasteiger partial charge in [0.05, 0.1) is 4.47 Å². The second-order valence-electron chi connectivity index (χ2n) is 4.86. The van der Waals surface area contributed by atoms with Crippen molar-refractivity contribution in [2.24, 2.45) is 0 Å². The lowest BCUT2D eigenvalue weighted by Gasteiger charge is -2.07. The molecule has 98 valence electrons. The molecule has 1 aliphatic carbocycles. The first kappa shape index (κ1) is 12.6. The van der Waals surface area contributed by atoms with E-state index in [1.165, 1.54) is 6.07 Å². The van der Waals surface area contributed by atoms with Gasteiger partial charge in [0.2, 0.25) is 0 Å². The molecule has 2 aromatic rings. The molecule has 19 heavy (non-hydrogen) atoms. The van der Waals surface area contributed by atoms with Crippen molar-refractivity contribution in [1.29, 1.82) is 0 Å². The van der Waals surface area contributed by atoms with Crippen LogP contribution in [0.4, 0.5) is 4.39 Å². The second-order valence-corrected chi connectivity index (χ2v) is 5.65. The fraction of sp³-hybridized carbons (Fsp3) is 0.267. The van der Waals surface area contributed by atoms with Crippen LogP contribution in [0.15, 0.2) is 35.1 Å². The highest BCUT2D eigenvalue weighted by atomic mass is 79.9. The Morgan fingerprint density at radius 3 is 2.89 bits per heavy atom. The summed E-state index contributed by atoms with van der Waals surface area (Å²) in [6, 6.07) is 5.01. The third-order valence-corrected chi connectivity index (χ3v) is 4.39. The third-order valence-electron chi connectivity index (χ3n) is 3.50. The van der Waals surface area contributed by atoms with Crippen molar-refractivity contribution in [1.82, 2.24) is 4.57 Å². The van der Waals surface area contributed by atoms with Crippen LogP contribution in [0.5, 0.6) is 0 Å². The van der Waals surface area contributed by atoms with Crippen LogP contribution < -0.4 is 0 Å². The van der Waals surface area contributed by atoms with Gasteiger partial charge in [0.25, 0.3) is 0 Å².